The molecule has 0 unspecified atom stereocenters. The van der Waals surface area contributed by atoms with Crippen LogP contribution in [0.4, 0.5) is 5.69 Å². The van der Waals surface area contributed by atoms with E-state index in [1.165, 1.54) is 12.1 Å². The predicted octanol–water partition coefficient (Wildman–Crippen LogP) is 0.888. The number of sulfonamides is 1. The van der Waals surface area contributed by atoms with E-state index in [0.717, 1.165) is 12.1 Å². The molecule has 0 amide bonds. The maximum Gasteiger partial charge on any atom is 0.329 e. The van der Waals surface area contributed by atoms with Gasteiger partial charge in [0.05, 0.1) is 11.5 Å². The largest absolute Gasteiger partial charge is 0.480 e. The van der Waals surface area contributed by atoms with Crippen molar-refractivity contribution in [2.45, 2.75) is 18.2 Å². The summed E-state index contributed by atoms with van der Waals surface area (Å²) in [5.74, 6) is -1.01. The Hall–Kier alpha value is -1.64. The number of aliphatic carboxylic acids is 1. The Bertz CT molecular complexity index is 542. The van der Waals surface area contributed by atoms with Gasteiger partial charge in [0.25, 0.3) is 0 Å². The molecule has 0 saturated carbocycles. The van der Waals surface area contributed by atoms with Crippen LogP contribution in [-0.2, 0) is 19.6 Å². The van der Waals surface area contributed by atoms with Crippen LogP contribution in [0.1, 0.15) is 13.3 Å². The molecule has 0 aliphatic rings. The smallest absolute Gasteiger partial charge is 0.329 e. The number of rotatable bonds is 10. The fraction of sp³-hybridized carbons (Fsp3) is 0.462. The van der Waals surface area contributed by atoms with E-state index < -0.39 is 16.0 Å². The summed E-state index contributed by atoms with van der Waals surface area (Å²) >= 11 is 0. The van der Waals surface area contributed by atoms with Crippen molar-refractivity contribution in [2.24, 2.45) is 0 Å². The SMILES string of the molecule is CCCNS(=O)(=O)c1ccc(NCCOCC(=O)O)cc1. The number of carbonyl (C=O) groups is 1. The average molecular weight is 316 g/mol. The number of benzene rings is 1. The summed E-state index contributed by atoms with van der Waals surface area (Å²) in [4.78, 5) is 10.4. The third kappa shape index (κ3) is 6.56. The Balaban J connectivity index is 2.45. The first-order valence-electron chi connectivity index (χ1n) is 6.59. The Kier molecular flexibility index (Phi) is 7.13. The van der Waals surface area contributed by atoms with Crippen molar-refractivity contribution >= 4 is 21.7 Å². The number of hydrogen-bond donors (Lipinski definition) is 3. The molecule has 0 radical (unpaired) electrons. The predicted molar refractivity (Wildman–Crippen MR) is 78.9 cm³/mol. The van der Waals surface area contributed by atoms with Crippen molar-refractivity contribution in [2.75, 3.05) is 31.6 Å². The van der Waals surface area contributed by atoms with E-state index in [2.05, 4.69) is 10.0 Å². The maximum atomic E-state index is 11.9. The molecule has 1 rings (SSSR count). The fourth-order valence-corrected chi connectivity index (χ4v) is 2.63. The molecule has 1 aromatic carbocycles. The van der Waals surface area contributed by atoms with Crippen molar-refractivity contribution in [1.82, 2.24) is 4.72 Å². The first-order valence-corrected chi connectivity index (χ1v) is 8.07. The Morgan fingerprint density at radius 3 is 2.48 bits per heavy atom. The molecule has 0 heterocycles. The standard InChI is InChI=1S/C13H20N2O5S/c1-2-7-15-21(18,19)12-5-3-11(4-6-12)14-8-9-20-10-13(16)17/h3-6,14-15H,2,7-10H2,1H3,(H,16,17). The van der Waals surface area contributed by atoms with Gasteiger partial charge in [-0.3, -0.25) is 0 Å². The molecule has 7 nitrogen and oxygen atoms in total. The van der Waals surface area contributed by atoms with Gasteiger partial charge in [0.15, 0.2) is 0 Å². The normalized spacial score (nSPS) is 11.3. The Morgan fingerprint density at radius 2 is 1.90 bits per heavy atom. The average Bonchev–Trinajstić information content (AvgIpc) is 2.45. The van der Waals surface area contributed by atoms with Gasteiger partial charge < -0.3 is 15.2 Å². The zero-order valence-electron chi connectivity index (χ0n) is 11.8. The maximum absolute atomic E-state index is 11.9. The van der Waals surface area contributed by atoms with Gasteiger partial charge in [0.2, 0.25) is 10.0 Å². The van der Waals surface area contributed by atoms with E-state index in [1.54, 1.807) is 12.1 Å². The summed E-state index contributed by atoms with van der Waals surface area (Å²) in [6, 6.07) is 6.33. The van der Waals surface area contributed by atoms with Crippen molar-refractivity contribution in [3.63, 3.8) is 0 Å². The van der Waals surface area contributed by atoms with Gasteiger partial charge in [0.1, 0.15) is 6.61 Å². The third-order valence-corrected chi connectivity index (χ3v) is 3.98. The van der Waals surface area contributed by atoms with E-state index in [0.29, 0.717) is 13.1 Å². The summed E-state index contributed by atoms with van der Waals surface area (Å²) in [5.41, 5.74) is 0.739. The third-order valence-electron chi connectivity index (χ3n) is 2.51. The van der Waals surface area contributed by atoms with Crippen molar-refractivity contribution in [3.05, 3.63) is 24.3 Å². The molecule has 118 valence electrons. The minimum atomic E-state index is -3.45. The number of ether oxygens (including phenoxy) is 1. The Labute approximate surface area is 124 Å². The van der Waals surface area contributed by atoms with Gasteiger partial charge in [-0.25, -0.2) is 17.9 Å². The number of carboxylic acid groups (broad SMARTS) is 1. The molecule has 0 aromatic heterocycles. The summed E-state index contributed by atoms with van der Waals surface area (Å²) in [6.45, 7) is 2.66. The fourth-order valence-electron chi connectivity index (χ4n) is 1.50. The number of hydrogen-bond acceptors (Lipinski definition) is 5. The van der Waals surface area contributed by atoms with Gasteiger partial charge in [-0.05, 0) is 30.7 Å². The minimum Gasteiger partial charge on any atom is -0.480 e. The highest BCUT2D eigenvalue weighted by molar-refractivity contribution is 7.89. The minimum absolute atomic E-state index is 0.212. The lowest BCUT2D eigenvalue weighted by Crippen LogP contribution is -2.24. The van der Waals surface area contributed by atoms with Gasteiger partial charge in [0, 0.05) is 18.8 Å². The molecule has 0 aliphatic heterocycles. The van der Waals surface area contributed by atoms with Crippen LogP contribution >= 0.6 is 0 Å². The highest BCUT2D eigenvalue weighted by Gasteiger charge is 2.12. The van der Waals surface area contributed by atoms with Crippen LogP contribution in [0.5, 0.6) is 0 Å². The summed E-state index contributed by atoms with van der Waals surface area (Å²) < 4.78 is 31.1. The molecule has 0 bridgehead atoms. The lowest BCUT2D eigenvalue weighted by Gasteiger charge is -2.08. The first kappa shape index (κ1) is 17.4. The second kappa shape index (κ2) is 8.60. The molecule has 8 heteroatoms. The summed E-state index contributed by atoms with van der Waals surface area (Å²) in [5, 5.41) is 11.4. The molecular weight excluding hydrogens is 296 g/mol. The topological polar surface area (TPSA) is 105 Å². The number of anilines is 1. The molecule has 0 spiro atoms. The second-order valence-electron chi connectivity index (χ2n) is 4.30. The van der Waals surface area contributed by atoms with E-state index >= 15 is 0 Å². The van der Waals surface area contributed by atoms with Crippen LogP contribution in [0.2, 0.25) is 0 Å². The molecule has 3 N–H and O–H groups in total. The first-order chi connectivity index (χ1) is 9.95. The zero-order chi connectivity index (χ0) is 15.7. The van der Waals surface area contributed by atoms with Crippen molar-refractivity contribution in [1.29, 1.82) is 0 Å². The molecule has 0 aliphatic carbocycles. The molecule has 0 fully saturated rings. The van der Waals surface area contributed by atoms with Crippen LogP contribution < -0.4 is 10.0 Å². The molecule has 0 saturated heterocycles. The summed E-state index contributed by atoms with van der Waals surface area (Å²) in [6.07, 6.45) is 0.731. The monoisotopic (exact) mass is 316 g/mol. The van der Waals surface area contributed by atoms with Gasteiger partial charge >= 0.3 is 5.97 Å². The second-order valence-corrected chi connectivity index (χ2v) is 6.06. The molecule has 21 heavy (non-hydrogen) atoms. The Morgan fingerprint density at radius 1 is 1.24 bits per heavy atom. The zero-order valence-corrected chi connectivity index (χ0v) is 12.6. The van der Waals surface area contributed by atoms with E-state index in [1.807, 2.05) is 6.92 Å². The van der Waals surface area contributed by atoms with Crippen LogP contribution in [0, 0.1) is 0 Å². The van der Waals surface area contributed by atoms with Gasteiger partial charge in [-0.1, -0.05) is 6.92 Å². The van der Waals surface area contributed by atoms with Crippen LogP contribution in [0.25, 0.3) is 0 Å². The van der Waals surface area contributed by atoms with E-state index in [-0.39, 0.29) is 18.1 Å². The lowest BCUT2D eigenvalue weighted by atomic mass is 10.3. The lowest BCUT2D eigenvalue weighted by molar-refractivity contribution is -0.142. The van der Waals surface area contributed by atoms with Gasteiger partial charge in [-0.15, -0.1) is 0 Å². The van der Waals surface area contributed by atoms with E-state index in [4.69, 9.17) is 9.84 Å². The van der Waals surface area contributed by atoms with Gasteiger partial charge in [-0.2, -0.15) is 0 Å². The van der Waals surface area contributed by atoms with Crippen LogP contribution in [0.3, 0.4) is 0 Å². The quantitative estimate of drug-likeness (QED) is 0.554. The molecule has 0 atom stereocenters. The number of carboxylic acids is 1. The highest BCUT2D eigenvalue weighted by atomic mass is 32.2. The van der Waals surface area contributed by atoms with Crippen molar-refractivity contribution in [3.8, 4) is 0 Å². The van der Waals surface area contributed by atoms with Crippen LogP contribution in [-0.4, -0.2) is 45.8 Å². The molecule has 1 aromatic rings. The van der Waals surface area contributed by atoms with Crippen LogP contribution in [0.15, 0.2) is 29.2 Å². The molecular formula is C13H20N2O5S. The number of nitrogens with one attached hydrogen (secondary N) is 2. The van der Waals surface area contributed by atoms with E-state index in [9.17, 15) is 13.2 Å². The highest BCUT2D eigenvalue weighted by Crippen LogP contribution is 2.13. The van der Waals surface area contributed by atoms with Crippen molar-refractivity contribution < 1.29 is 23.1 Å². The summed E-state index contributed by atoms with van der Waals surface area (Å²) in [7, 11) is -3.45.